The molecule has 0 aliphatic carbocycles. The normalized spacial score (nSPS) is 18.8. The third-order valence-electron chi connectivity index (χ3n) is 5.47. The zero-order valence-electron chi connectivity index (χ0n) is 16.2. The number of aromatic nitrogens is 4. The van der Waals surface area contributed by atoms with Gasteiger partial charge in [0.15, 0.2) is 11.2 Å². The van der Waals surface area contributed by atoms with Gasteiger partial charge in [-0.05, 0) is 5.56 Å². The molecule has 154 valence electrons. The van der Waals surface area contributed by atoms with Crippen molar-refractivity contribution in [1.82, 2.24) is 23.6 Å². The average Bonchev–Trinajstić information content (AvgIpc) is 3.29. The highest BCUT2D eigenvalue weighted by Crippen LogP contribution is 2.26. The van der Waals surface area contributed by atoms with Crippen LogP contribution in [-0.2, 0) is 25.4 Å². The zero-order chi connectivity index (χ0) is 20.0. The van der Waals surface area contributed by atoms with E-state index in [9.17, 15) is 14.4 Å². The molecular weight excluding hydrogens is 396 g/mol. The summed E-state index contributed by atoms with van der Waals surface area (Å²) < 4.78 is 3.82. The van der Waals surface area contributed by atoms with Crippen LogP contribution in [0.2, 0.25) is 0 Å². The molecule has 2 N–H and O–H groups in total. The lowest BCUT2D eigenvalue weighted by molar-refractivity contribution is -0.130. The van der Waals surface area contributed by atoms with Crippen molar-refractivity contribution < 1.29 is 4.79 Å². The Labute approximate surface area is 172 Å². The van der Waals surface area contributed by atoms with Crippen LogP contribution in [0.1, 0.15) is 11.5 Å². The number of halogens is 1. The van der Waals surface area contributed by atoms with Crippen molar-refractivity contribution in [2.75, 3.05) is 13.1 Å². The maximum Gasteiger partial charge on any atom is 0.332 e. The SMILES string of the molecule is Cl.Cn1c(=O)c2c(ncn2CC(=O)N2C[C@@H](N)[C@H](c3ccccc3)C2)n(C)c1=O. The Bertz CT molecular complexity index is 1170. The Morgan fingerprint density at radius 3 is 2.52 bits per heavy atom. The van der Waals surface area contributed by atoms with E-state index in [0.717, 1.165) is 10.1 Å². The van der Waals surface area contributed by atoms with Crippen molar-refractivity contribution in [2.45, 2.75) is 18.5 Å². The number of hydrogen-bond acceptors (Lipinski definition) is 5. The van der Waals surface area contributed by atoms with Gasteiger partial charge in [-0.2, -0.15) is 0 Å². The Hall–Kier alpha value is -2.91. The fraction of sp³-hybridized carbons (Fsp3) is 0.368. The summed E-state index contributed by atoms with van der Waals surface area (Å²) in [6.07, 6.45) is 1.42. The number of carbonyl (C=O) groups is 1. The Morgan fingerprint density at radius 1 is 1.14 bits per heavy atom. The first-order valence-corrected chi connectivity index (χ1v) is 9.07. The third-order valence-corrected chi connectivity index (χ3v) is 5.47. The van der Waals surface area contributed by atoms with Gasteiger partial charge in [0.25, 0.3) is 5.56 Å². The van der Waals surface area contributed by atoms with Crippen LogP contribution in [-0.4, -0.2) is 48.6 Å². The quantitative estimate of drug-likeness (QED) is 0.634. The van der Waals surface area contributed by atoms with Gasteiger partial charge in [0.1, 0.15) is 6.54 Å². The molecule has 0 spiro atoms. The largest absolute Gasteiger partial charge is 0.339 e. The lowest BCUT2D eigenvalue weighted by Gasteiger charge is -2.17. The van der Waals surface area contributed by atoms with Crippen LogP contribution in [0.4, 0.5) is 0 Å². The molecule has 0 radical (unpaired) electrons. The van der Waals surface area contributed by atoms with Crippen molar-refractivity contribution >= 4 is 29.5 Å². The number of nitrogens with two attached hydrogens (primary N) is 1. The maximum atomic E-state index is 12.9. The first-order valence-electron chi connectivity index (χ1n) is 9.07. The highest BCUT2D eigenvalue weighted by atomic mass is 35.5. The first-order chi connectivity index (χ1) is 13.4. The molecule has 9 nitrogen and oxygen atoms in total. The number of hydrogen-bond donors (Lipinski definition) is 1. The topological polar surface area (TPSA) is 108 Å². The monoisotopic (exact) mass is 418 g/mol. The van der Waals surface area contributed by atoms with Gasteiger partial charge in [0, 0.05) is 39.1 Å². The van der Waals surface area contributed by atoms with E-state index in [0.29, 0.717) is 13.1 Å². The van der Waals surface area contributed by atoms with Crippen LogP contribution in [0.3, 0.4) is 0 Å². The maximum absolute atomic E-state index is 12.9. The van der Waals surface area contributed by atoms with Crippen LogP contribution in [0.25, 0.3) is 11.2 Å². The third kappa shape index (κ3) is 3.47. The number of likely N-dealkylation sites (tertiary alicyclic amines) is 1. The van der Waals surface area contributed by atoms with Crippen molar-refractivity contribution in [3.63, 3.8) is 0 Å². The molecule has 0 saturated carbocycles. The van der Waals surface area contributed by atoms with Gasteiger partial charge in [0.05, 0.1) is 6.33 Å². The lowest BCUT2D eigenvalue weighted by Crippen LogP contribution is -2.38. The summed E-state index contributed by atoms with van der Waals surface area (Å²) in [6.45, 7) is 0.965. The van der Waals surface area contributed by atoms with E-state index in [1.807, 2.05) is 30.3 Å². The van der Waals surface area contributed by atoms with Crippen LogP contribution in [0.15, 0.2) is 46.2 Å². The zero-order valence-corrected chi connectivity index (χ0v) is 17.0. The number of carbonyl (C=O) groups excluding carboxylic acids is 1. The molecule has 4 rings (SSSR count). The number of nitrogens with zero attached hydrogens (tertiary/aromatic N) is 5. The van der Waals surface area contributed by atoms with Crippen LogP contribution in [0, 0.1) is 0 Å². The van der Waals surface area contributed by atoms with Crippen LogP contribution >= 0.6 is 12.4 Å². The number of aryl methyl sites for hydroxylation is 1. The van der Waals surface area contributed by atoms with Crippen molar-refractivity contribution in [1.29, 1.82) is 0 Å². The summed E-state index contributed by atoms with van der Waals surface area (Å²) in [5, 5.41) is 0. The molecule has 1 aromatic carbocycles. The molecule has 1 saturated heterocycles. The van der Waals surface area contributed by atoms with Crippen molar-refractivity contribution in [3.8, 4) is 0 Å². The van der Waals surface area contributed by atoms with E-state index < -0.39 is 11.2 Å². The standard InChI is InChI=1S/C19H22N6O3.ClH/c1-22-17-16(18(27)23(2)19(22)28)25(11-21-17)10-15(26)24-8-13(14(20)9-24)12-6-4-3-5-7-12;/h3-7,11,13-14H,8-10,20H2,1-2H3;1H/t13-,14+;/m0./s1. The summed E-state index contributed by atoms with van der Waals surface area (Å²) in [6, 6.07) is 9.77. The molecule has 0 bridgehead atoms. The molecule has 2 aromatic heterocycles. The summed E-state index contributed by atoms with van der Waals surface area (Å²) >= 11 is 0. The Balaban J connectivity index is 0.00000240. The minimum atomic E-state index is -0.469. The molecule has 2 atom stereocenters. The van der Waals surface area contributed by atoms with Gasteiger partial charge < -0.3 is 15.2 Å². The van der Waals surface area contributed by atoms with Gasteiger partial charge in [-0.15, -0.1) is 12.4 Å². The fourth-order valence-corrected chi connectivity index (χ4v) is 3.85. The van der Waals surface area contributed by atoms with E-state index in [2.05, 4.69) is 4.98 Å². The van der Waals surface area contributed by atoms with Crippen molar-refractivity contribution in [2.24, 2.45) is 19.8 Å². The molecule has 3 aromatic rings. The molecule has 29 heavy (non-hydrogen) atoms. The highest BCUT2D eigenvalue weighted by Gasteiger charge is 2.34. The molecule has 10 heteroatoms. The van der Waals surface area contributed by atoms with Crippen molar-refractivity contribution in [3.05, 3.63) is 63.1 Å². The average molecular weight is 419 g/mol. The van der Waals surface area contributed by atoms with E-state index in [-0.39, 0.29) is 48.0 Å². The number of amides is 1. The molecule has 1 aliphatic heterocycles. The smallest absolute Gasteiger partial charge is 0.332 e. The van der Waals surface area contributed by atoms with Crippen LogP contribution in [0.5, 0.6) is 0 Å². The van der Waals surface area contributed by atoms with Gasteiger partial charge in [0.2, 0.25) is 5.91 Å². The molecule has 3 heterocycles. The number of benzene rings is 1. The summed E-state index contributed by atoms with van der Waals surface area (Å²) in [5.74, 6) is -0.0533. The van der Waals surface area contributed by atoms with E-state index in [4.69, 9.17) is 5.73 Å². The molecular formula is C19H23ClN6O3. The molecule has 0 unspecified atom stereocenters. The second-order valence-electron chi connectivity index (χ2n) is 7.23. The Morgan fingerprint density at radius 2 is 1.83 bits per heavy atom. The highest BCUT2D eigenvalue weighted by molar-refractivity contribution is 5.85. The van der Waals surface area contributed by atoms with E-state index in [1.54, 1.807) is 11.9 Å². The number of imidazole rings is 1. The second kappa shape index (κ2) is 7.84. The summed E-state index contributed by atoms with van der Waals surface area (Å²) in [7, 11) is 2.96. The minimum absolute atomic E-state index is 0. The molecule has 1 aliphatic rings. The van der Waals surface area contributed by atoms with Gasteiger partial charge in [-0.25, -0.2) is 9.78 Å². The fourth-order valence-electron chi connectivity index (χ4n) is 3.85. The van der Waals surface area contributed by atoms with Crippen LogP contribution < -0.4 is 17.0 Å². The number of fused-ring (bicyclic) bond motifs is 1. The summed E-state index contributed by atoms with van der Waals surface area (Å²) in [4.78, 5) is 43.3. The summed E-state index contributed by atoms with van der Waals surface area (Å²) in [5.41, 5.74) is 6.97. The van der Waals surface area contributed by atoms with Gasteiger partial charge in [-0.1, -0.05) is 30.3 Å². The van der Waals surface area contributed by atoms with Gasteiger partial charge >= 0.3 is 5.69 Å². The second-order valence-corrected chi connectivity index (χ2v) is 7.23. The molecule has 1 fully saturated rings. The Kier molecular flexibility index (Phi) is 5.63. The van der Waals surface area contributed by atoms with E-state index >= 15 is 0 Å². The molecule has 1 amide bonds. The number of rotatable bonds is 3. The predicted octanol–water partition coefficient (Wildman–Crippen LogP) is -0.191. The minimum Gasteiger partial charge on any atom is -0.339 e. The van der Waals surface area contributed by atoms with Gasteiger partial charge in [-0.3, -0.25) is 18.7 Å². The predicted molar refractivity (Wildman–Crippen MR) is 111 cm³/mol. The first kappa shape index (κ1) is 20.8. The van der Waals surface area contributed by atoms with E-state index in [1.165, 1.54) is 22.5 Å². The lowest BCUT2D eigenvalue weighted by atomic mass is 9.95.